The average molecular weight is 438 g/mol. The molecule has 1 aromatic heterocycles. The first-order chi connectivity index (χ1) is 14.8. The number of pyridine rings is 1. The minimum Gasteiger partial charge on any atom is -0.494 e. The van der Waals surface area contributed by atoms with Gasteiger partial charge in [0, 0.05) is 18.2 Å². The van der Waals surface area contributed by atoms with Crippen LogP contribution in [0.2, 0.25) is 5.02 Å². The lowest BCUT2D eigenvalue weighted by Gasteiger charge is -2.15. The Balaban J connectivity index is 2.13. The molecule has 0 aliphatic heterocycles. The second-order valence-electron chi connectivity index (χ2n) is 6.76. The molecule has 31 heavy (non-hydrogen) atoms. The Labute approximate surface area is 181 Å². The van der Waals surface area contributed by atoms with Gasteiger partial charge in [-0.3, -0.25) is 24.3 Å². The van der Waals surface area contributed by atoms with E-state index in [0.717, 1.165) is 16.2 Å². The summed E-state index contributed by atoms with van der Waals surface area (Å²) in [5.41, 5.74) is -0.933. The smallest absolute Gasteiger partial charge is 0.288 e. The molecule has 0 aliphatic rings. The molecule has 0 radical (unpaired) electrons. The molecule has 0 unspecified atom stereocenters. The number of aryl methyl sites for hydroxylation is 1. The monoisotopic (exact) mass is 437 g/mol. The summed E-state index contributed by atoms with van der Waals surface area (Å²) < 4.78 is 0.968. The number of benzene rings is 2. The van der Waals surface area contributed by atoms with Crippen LogP contribution in [-0.2, 0) is 13.0 Å². The van der Waals surface area contributed by atoms with Crippen molar-refractivity contribution in [3.63, 3.8) is 0 Å². The molecule has 0 atom stereocenters. The van der Waals surface area contributed by atoms with Gasteiger partial charge in [-0.1, -0.05) is 41.9 Å². The molecule has 2 aromatic carbocycles. The van der Waals surface area contributed by atoms with E-state index in [1.54, 1.807) is 6.07 Å². The summed E-state index contributed by atoms with van der Waals surface area (Å²) in [5.74, 6) is -1.36. The van der Waals surface area contributed by atoms with E-state index in [4.69, 9.17) is 11.6 Å². The van der Waals surface area contributed by atoms with E-state index in [9.17, 15) is 30.1 Å². The molecular formula is C22H16ClN3O5. The predicted molar refractivity (Wildman–Crippen MR) is 114 cm³/mol. The molecule has 1 heterocycles. The SMILES string of the molecule is Cc1c(C(=O)c2ccc(Cl)c([N+](=O)[O-])c2)c(O)n(CCc2ccccc2)c(=O)c1C#N. The summed E-state index contributed by atoms with van der Waals surface area (Å²) in [4.78, 5) is 36.3. The Morgan fingerprint density at radius 1 is 1.26 bits per heavy atom. The summed E-state index contributed by atoms with van der Waals surface area (Å²) in [6, 6.07) is 14.5. The fourth-order valence-corrected chi connectivity index (χ4v) is 3.44. The number of nitro benzene ring substituents is 1. The van der Waals surface area contributed by atoms with Crippen molar-refractivity contribution < 1.29 is 14.8 Å². The summed E-state index contributed by atoms with van der Waals surface area (Å²) in [5, 5.41) is 31.3. The maximum atomic E-state index is 13.1. The number of hydrogen-bond acceptors (Lipinski definition) is 6. The zero-order chi connectivity index (χ0) is 22.7. The third-order valence-electron chi connectivity index (χ3n) is 4.90. The highest BCUT2D eigenvalue weighted by atomic mass is 35.5. The van der Waals surface area contributed by atoms with Crippen LogP contribution in [0.25, 0.3) is 0 Å². The maximum absolute atomic E-state index is 13.1. The Kier molecular flexibility index (Phi) is 6.18. The van der Waals surface area contributed by atoms with Crippen LogP contribution in [0.4, 0.5) is 5.69 Å². The van der Waals surface area contributed by atoms with E-state index in [1.807, 2.05) is 30.3 Å². The highest BCUT2D eigenvalue weighted by Gasteiger charge is 2.26. The molecule has 0 amide bonds. The average Bonchev–Trinajstić information content (AvgIpc) is 2.74. The molecule has 0 saturated carbocycles. The van der Waals surface area contributed by atoms with Crippen LogP contribution in [0.15, 0.2) is 53.3 Å². The van der Waals surface area contributed by atoms with E-state index in [1.165, 1.54) is 19.1 Å². The van der Waals surface area contributed by atoms with Crippen molar-refractivity contribution >= 4 is 23.1 Å². The van der Waals surface area contributed by atoms with E-state index < -0.39 is 27.8 Å². The second-order valence-corrected chi connectivity index (χ2v) is 7.16. The van der Waals surface area contributed by atoms with Crippen LogP contribution >= 0.6 is 11.6 Å². The molecule has 1 N–H and O–H groups in total. The zero-order valence-electron chi connectivity index (χ0n) is 16.3. The summed E-state index contributed by atoms with van der Waals surface area (Å²) in [7, 11) is 0. The molecule has 8 nitrogen and oxygen atoms in total. The first-order valence-corrected chi connectivity index (χ1v) is 9.53. The van der Waals surface area contributed by atoms with Crippen molar-refractivity contribution in [3.05, 3.63) is 102 Å². The summed E-state index contributed by atoms with van der Waals surface area (Å²) >= 11 is 5.81. The fraction of sp³-hybridized carbons (Fsp3) is 0.136. The fourth-order valence-electron chi connectivity index (χ4n) is 3.25. The number of hydrogen-bond donors (Lipinski definition) is 1. The number of nitriles is 1. The van der Waals surface area contributed by atoms with E-state index in [-0.39, 0.29) is 33.8 Å². The van der Waals surface area contributed by atoms with Gasteiger partial charge in [-0.25, -0.2) is 0 Å². The number of ketones is 1. The first kappa shape index (κ1) is 21.7. The van der Waals surface area contributed by atoms with Crippen molar-refractivity contribution in [1.29, 1.82) is 5.26 Å². The quantitative estimate of drug-likeness (QED) is 0.355. The van der Waals surface area contributed by atoms with Crippen LogP contribution in [0, 0.1) is 28.4 Å². The normalized spacial score (nSPS) is 10.5. The lowest BCUT2D eigenvalue weighted by atomic mass is 9.97. The topological polar surface area (TPSA) is 126 Å². The predicted octanol–water partition coefficient (Wildman–Crippen LogP) is 3.77. The Morgan fingerprint density at radius 3 is 2.55 bits per heavy atom. The first-order valence-electron chi connectivity index (χ1n) is 9.15. The van der Waals surface area contributed by atoms with Crippen LogP contribution in [0.3, 0.4) is 0 Å². The van der Waals surface area contributed by atoms with Gasteiger partial charge in [0.15, 0.2) is 5.78 Å². The maximum Gasteiger partial charge on any atom is 0.288 e. The van der Waals surface area contributed by atoms with Gasteiger partial charge in [-0.2, -0.15) is 5.26 Å². The number of aromatic hydroxyl groups is 1. The molecule has 3 aromatic rings. The molecule has 3 rings (SSSR count). The third kappa shape index (κ3) is 4.17. The minimum atomic E-state index is -0.764. The molecule has 0 saturated heterocycles. The molecule has 156 valence electrons. The minimum absolute atomic E-state index is 0.00330. The van der Waals surface area contributed by atoms with Crippen LogP contribution < -0.4 is 5.56 Å². The van der Waals surface area contributed by atoms with Gasteiger partial charge < -0.3 is 5.11 Å². The van der Waals surface area contributed by atoms with Gasteiger partial charge in [0.25, 0.3) is 11.2 Å². The lowest BCUT2D eigenvalue weighted by molar-refractivity contribution is -0.384. The van der Waals surface area contributed by atoms with Crippen molar-refractivity contribution in [2.45, 2.75) is 19.9 Å². The highest BCUT2D eigenvalue weighted by molar-refractivity contribution is 6.32. The number of nitro groups is 1. The van der Waals surface area contributed by atoms with Crippen molar-refractivity contribution in [3.8, 4) is 11.9 Å². The number of carbonyl (C=O) groups is 1. The van der Waals surface area contributed by atoms with Crippen LogP contribution in [0.1, 0.15) is 32.6 Å². The van der Waals surface area contributed by atoms with Crippen LogP contribution in [-0.4, -0.2) is 20.4 Å². The van der Waals surface area contributed by atoms with Gasteiger partial charge in [0.05, 0.1) is 10.5 Å². The molecule has 0 aliphatic carbocycles. The van der Waals surface area contributed by atoms with Gasteiger partial charge in [-0.15, -0.1) is 0 Å². The lowest BCUT2D eigenvalue weighted by Crippen LogP contribution is -2.27. The number of nitrogens with zero attached hydrogens (tertiary/aromatic N) is 3. The third-order valence-corrected chi connectivity index (χ3v) is 5.22. The zero-order valence-corrected chi connectivity index (χ0v) is 17.1. The summed E-state index contributed by atoms with van der Waals surface area (Å²) in [6.45, 7) is 1.41. The van der Waals surface area contributed by atoms with Crippen molar-refractivity contribution in [1.82, 2.24) is 4.57 Å². The Bertz CT molecular complexity index is 1290. The van der Waals surface area contributed by atoms with Gasteiger partial charge in [0.2, 0.25) is 5.88 Å². The van der Waals surface area contributed by atoms with Crippen molar-refractivity contribution in [2.75, 3.05) is 0 Å². The number of aromatic nitrogens is 1. The molecule has 0 bridgehead atoms. The number of halogens is 1. The van der Waals surface area contributed by atoms with Crippen molar-refractivity contribution in [2.24, 2.45) is 0 Å². The second kappa shape index (κ2) is 8.81. The number of rotatable bonds is 6. The highest BCUT2D eigenvalue weighted by Crippen LogP contribution is 2.29. The standard InChI is InChI=1S/C22H16ClN3O5/c1-13-16(12-24)21(28)25(10-9-14-5-3-2-4-6-14)22(29)19(13)20(27)15-7-8-17(23)18(11-15)26(30)31/h2-8,11,29H,9-10H2,1H3. The molecule has 0 spiro atoms. The molecule has 9 heteroatoms. The molecule has 0 fully saturated rings. The molecular weight excluding hydrogens is 422 g/mol. The summed E-state index contributed by atoms with van der Waals surface area (Å²) in [6.07, 6.45) is 0.377. The van der Waals surface area contributed by atoms with Gasteiger partial charge in [-0.05, 0) is 36.6 Å². The van der Waals surface area contributed by atoms with Crippen LogP contribution in [0.5, 0.6) is 5.88 Å². The Hall–Kier alpha value is -3.96. The van der Waals surface area contributed by atoms with E-state index in [2.05, 4.69) is 0 Å². The Morgan fingerprint density at radius 2 is 1.94 bits per heavy atom. The van der Waals surface area contributed by atoms with Gasteiger partial charge >= 0.3 is 0 Å². The van der Waals surface area contributed by atoms with E-state index in [0.29, 0.717) is 6.42 Å². The largest absolute Gasteiger partial charge is 0.494 e. The van der Waals surface area contributed by atoms with Gasteiger partial charge in [0.1, 0.15) is 16.7 Å². The number of carbonyl (C=O) groups excluding carboxylic acids is 1. The van der Waals surface area contributed by atoms with E-state index >= 15 is 0 Å².